The van der Waals surface area contributed by atoms with E-state index in [-0.39, 0.29) is 33.8 Å². The number of ether oxygens (including phenoxy) is 1. The zero-order chi connectivity index (χ0) is 21.3. The van der Waals surface area contributed by atoms with Gasteiger partial charge in [-0.1, -0.05) is 25.4 Å². The van der Waals surface area contributed by atoms with Crippen molar-refractivity contribution >= 4 is 27.5 Å². The predicted molar refractivity (Wildman–Crippen MR) is 107 cm³/mol. The maximum atomic E-state index is 12.0. The number of nitrogens with one attached hydrogen (secondary N) is 2. The fraction of sp³-hybridized carbons (Fsp3) is 0.176. The van der Waals surface area contributed by atoms with E-state index in [0.717, 1.165) is 4.68 Å². The number of rotatable bonds is 4. The third-order valence-corrected chi connectivity index (χ3v) is 4.67. The summed E-state index contributed by atoms with van der Waals surface area (Å²) in [5.41, 5.74) is -1.84. The number of hydrogen-bond acceptors (Lipinski definition) is 7. The summed E-state index contributed by atoms with van der Waals surface area (Å²) in [5.74, 6) is 0.260. The van der Waals surface area contributed by atoms with E-state index in [0.29, 0.717) is 10.0 Å². The van der Waals surface area contributed by atoms with Crippen LogP contribution in [-0.4, -0.2) is 25.0 Å². The van der Waals surface area contributed by atoms with Crippen LogP contribution in [0.3, 0.4) is 0 Å². The maximum Gasteiger partial charge on any atom is 0.349 e. The highest BCUT2D eigenvalue weighted by molar-refractivity contribution is 9.10. The average molecular weight is 480 g/mol. The van der Waals surface area contributed by atoms with Crippen LogP contribution in [-0.2, 0) is 0 Å². The van der Waals surface area contributed by atoms with E-state index in [1.165, 1.54) is 18.2 Å². The van der Waals surface area contributed by atoms with Crippen molar-refractivity contribution in [2.24, 2.45) is 0 Å². The molecule has 2 N–H and O–H groups in total. The Morgan fingerprint density at radius 2 is 1.97 bits per heavy atom. The maximum absolute atomic E-state index is 12.0. The summed E-state index contributed by atoms with van der Waals surface area (Å²) in [4.78, 5) is 37.4. The largest absolute Gasteiger partial charge is 0.435 e. The molecule has 0 spiro atoms. The molecule has 2 heterocycles. The standard InChI is InChI=1S/C17H12BrClN6O4/c1-7(2)9-5-13(22-23-15(9)26)29-14-10(18)3-8(4-11(14)19)25-17(28)21-16(27)12(6-20)24-25/h3-5,7H,1-2H3,(H,23,26)(H,21,27,28). The van der Waals surface area contributed by atoms with Crippen LogP contribution in [0.15, 0.2) is 37.1 Å². The highest BCUT2D eigenvalue weighted by atomic mass is 79.9. The first-order valence-electron chi connectivity index (χ1n) is 8.12. The Labute approximate surface area is 175 Å². The first kappa shape index (κ1) is 20.5. The number of hydrogen-bond donors (Lipinski definition) is 2. The Morgan fingerprint density at radius 1 is 1.24 bits per heavy atom. The molecular formula is C17H12BrClN6O4. The molecular weight excluding hydrogens is 468 g/mol. The van der Waals surface area contributed by atoms with Crippen molar-refractivity contribution in [3.8, 4) is 23.4 Å². The molecule has 0 bridgehead atoms. The highest BCUT2D eigenvalue weighted by Gasteiger charge is 2.16. The minimum Gasteiger partial charge on any atom is -0.435 e. The van der Waals surface area contributed by atoms with Crippen LogP contribution in [0.25, 0.3) is 5.69 Å². The lowest BCUT2D eigenvalue weighted by atomic mass is 10.1. The summed E-state index contributed by atoms with van der Waals surface area (Å²) >= 11 is 9.59. The summed E-state index contributed by atoms with van der Waals surface area (Å²) in [5, 5.41) is 19.0. The van der Waals surface area contributed by atoms with E-state index in [9.17, 15) is 14.4 Å². The van der Waals surface area contributed by atoms with Crippen molar-refractivity contribution in [2.45, 2.75) is 19.8 Å². The van der Waals surface area contributed by atoms with Crippen LogP contribution < -0.4 is 21.5 Å². The first-order chi connectivity index (χ1) is 13.7. The fourth-order valence-electron chi connectivity index (χ4n) is 2.40. The van der Waals surface area contributed by atoms with E-state index in [4.69, 9.17) is 21.6 Å². The second kappa shape index (κ2) is 8.02. The average Bonchev–Trinajstić information content (AvgIpc) is 2.65. The van der Waals surface area contributed by atoms with Gasteiger partial charge in [-0.3, -0.25) is 14.6 Å². The van der Waals surface area contributed by atoms with Crippen molar-refractivity contribution in [3.05, 3.63) is 70.1 Å². The summed E-state index contributed by atoms with van der Waals surface area (Å²) in [7, 11) is 0. The molecule has 3 aromatic rings. The van der Waals surface area contributed by atoms with Crippen LogP contribution in [0.1, 0.15) is 31.0 Å². The van der Waals surface area contributed by atoms with Gasteiger partial charge in [0, 0.05) is 11.6 Å². The molecule has 0 aliphatic heterocycles. The molecule has 0 radical (unpaired) electrons. The highest BCUT2D eigenvalue weighted by Crippen LogP contribution is 2.37. The van der Waals surface area contributed by atoms with Crippen LogP contribution in [0.2, 0.25) is 5.02 Å². The van der Waals surface area contributed by atoms with E-state index in [1.54, 1.807) is 6.07 Å². The SMILES string of the molecule is CC(C)c1cc(Oc2c(Cl)cc(-n3nc(C#N)c(=O)[nH]c3=O)cc2Br)n[nH]c1=O. The number of halogens is 2. The number of nitriles is 1. The molecule has 3 rings (SSSR count). The lowest BCUT2D eigenvalue weighted by Crippen LogP contribution is -2.33. The van der Waals surface area contributed by atoms with Gasteiger partial charge in [-0.05, 0) is 34.0 Å². The van der Waals surface area contributed by atoms with Crippen molar-refractivity contribution in [2.75, 3.05) is 0 Å². The van der Waals surface area contributed by atoms with Gasteiger partial charge in [0.05, 0.1) is 15.2 Å². The summed E-state index contributed by atoms with van der Waals surface area (Å²) < 4.78 is 6.87. The molecule has 148 valence electrons. The van der Waals surface area contributed by atoms with Gasteiger partial charge < -0.3 is 4.74 Å². The normalized spacial score (nSPS) is 10.8. The first-order valence-corrected chi connectivity index (χ1v) is 9.29. The van der Waals surface area contributed by atoms with Crippen molar-refractivity contribution in [1.29, 1.82) is 5.26 Å². The van der Waals surface area contributed by atoms with Gasteiger partial charge in [-0.15, -0.1) is 10.2 Å². The number of H-pyrrole nitrogens is 2. The minimum atomic E-state index is -0.885. The number of nitrogens with zero attached hydrogens (tertiary/aromatic N) is 4. The van der Waals surface area contributed by atoms with Gasteiger partial charge >= 0.3 is 5.69 Å². The van der Waals surface area contributed by atoms with E-state index in [1.807, 2.05) is 18.8 Å². The van der Waals surface area contributed by atoms with Gasteiger partial charge in [-0.2, -0.15) is 9.94 Å². The van der Waals surface area contributed by atoms with Crippen LogP contribution in [0, 0.1) is 11.3 Å². The molecule has 2 aromatic heterocycles. The minimum absolute atomic E-state index is 0.0436. The molecule has 10 nitrogen and oxygen atoms in total. The van der Waals surface area contributed by atoms with Gasteiger partial charge in [0.25, 0.3) is 11.1 Å². The monoisotopic (exact) mass is 478 g/mol. The van der Waals surface area contributed by atoms with Gasteiger partial charge in [0.15, 0.2) is 5.75 Å². The Balaban J connectivity index is 2.05. The third-order valence-electron chi connectivity index (χ3n) is 3.80. The predicted octanol–water partition coefficient (Wildman–Crippen LogP) is 2.21. The molecule has 0 aliphatic rings. The number of aromatic nitrogens is 5. The van der Waals surface area contributed by atoms with Crippen LogP contribution >= 0.6 is 27.5 Å². The van der Waals surface area contributed by atoms with Crippen LogP contribution in [0.4, 0.5) is 0 Å². The summed E-state index contributed by atoms with van der Waals surface area (Å²) in [6, 6.07) is 5.94. The lowest BCUT2D eigenvalue weighted by molar-refractivity contribution is 0.449. The zero-order valence-electron chi connectivity index (χ0n) is 15.0. The molecule has 29 heavy (non-hydrogen) atoms. The summed E-state index contributed by atoms with van der Waals surface area (Å²) in [6.45, 7) is 3.72. The van der Waals surface area contributed by atoms with E-state index < -0.39 is 16.9 Å². The zero-order valence-corrected chi connectivity index (χ0v) is 17.3. The van der Waals surface area contributed by atoms with Crippen LogP contribution in [0.5, 0.6) is 11.6 Å². The number of aromatic amines is 2. The molecule has 0 saturated carbocycles. The van der Waals surface area contributed by atoms with Crippen molar-refractivity contribution in [3.63, 3.8) is 0 Å². The lowest BCUT2D eigenvalue weighted by Gasteiger charge is -2.12. The number of benzene rings is 1. The third kappa shape index (κ3) is 4.13. The Bertz CT molecular complexity index is 1300. The van der Waals surface area contributed by atoms with Crippen molar-refractivity contribution < 1.29 is 4.74 Å². The van der Waals surface area contributed by atoms with E-state index >= 15 is 0 Å². The molecule has 12 heteroatoms. The quantitative estimate of drug-likeness (QED) is 0.583. The van der Waals surface area contributed by atoms with Gasteiger partial charge in [-0.25, -0.2) is 9.89 Å². The Hall–Kier alpha value is -3.23. The van der Waals surface area contributed by atoms with Crippen molar-refractivity contribution in [1.82, 2.24) is 25.0 Å². The Kier molecular flexibility index (Phi) is 5.67. The fourth-order valence-corrected chi connectivity index (χ4v) is 3.30. The molecule has 0 amide bonds. The van der Waals surface area contributed by atoms with Gasteiger partial charge in [0.1, 0.15) is 6.07 Å². The smallest absolute Gasteiger partial charge is 0.349 e. The molecule has 0 saturated heterocycles. The second-order valence-corrected chi connectivity index (χ2v) is 7.38. The Morgan fingerprint density at radius 3 is 2.59 bits per heavy atom. The molecule has 0 aliphatic carbocycles. The molecule has 1 aromatic carbocycles. The topological polar surface area (TPSA) is 147 Å². The summed E-state index contributed by atoms with van der Waals surface area (Å²) in [6.07, 6.45) is 0. The van der Waals surface area contributed by atoms with Gasteiger partial charge in [0.2, 0.25) is 11.6 Å². The molecule has 0 fully saturated rings. The molecule has 0 unspecified atom stereocenters. The second-order valence-electron chi connectivity index (χ2n) is 6.12. The molecule has 0 atom stereocenters. The van der Waals surface area contributed by atoms with E-state index in [2.05, 4.69) is 31.2 Å².